The summed E-state index contributed by atoms with van der Waals surface area (Å²) >= 11 is 0. The summed E-state index contributed by atoms with van der Waals surface area (Å²) in [5.41, 5.74) is 0. The number of phosphoric acid groups is 1. The predicted molar refractivity (Wildman–Crippen MR) is 240 cm³/mol. The van der Waals surface area contributed by atoms with Crippen LogP contribution in [0, 0.1) is 0 Å². The van der Waals surface area contributed by atoms with Crippen LogP contribution >= 0.6 is 7.82 Å². The van der Waals surface area contributed by atoms with Crippen LogP contribution in [0.4, 0.5) is 0 Å². The van der Waals surface area contributed by atoms with E-state index >= 15 is 0 Å². The Kier molecular flexibility index (Phi) is 37.1. The van der Waals surface area contributed by atoms with E-state index in [9.17, 15) is 39.8 Å². The number of carbonyl (C=O) groups is 1. The number of aliphatic hydroxyl groups excluding tert-OH is 5. The van der Waals surface area contributed by atoms with E-state index in [1.807, 2.05) is 0 Å². The van der Waals surface area contributed by atoms with Gasteiger partial charge < -0.3 is 39.9 Å². The summed E-state index contributed by atoms with van der Waals surface area (Å²) in [5.74, 6) is -0.475. The Morgan fingerprint density at radius 3 is 1.15 bits per heavy atom. The molecule has 0 aromatic rings. The van der Waals surface area contributed by atoms with Crippen molar-refractivity contribution in [3.8, 4) is 0 Å². The topological polar surface area (TPSA) is 192 Å². The molecule has 12 nitrogen and oxygen atoms in total. The molecule has 0 radical (unpaired) electrons. The van der Waals surface area contributed by atoms with Crippen LogP contribution in [0.2, 0.25) is 0 Å². The number of hydrogen-bond donors (Lipinski definition) is 6. The van der Waals surface area contributed by atoms with Crippen LogP contribution in [0.15, 0.2) is 0 Å². The number of ether oxygens (including phenoxy) is 2. The third kappa shape index (κ3) is 30.4. The van der Waals surface area contributed by atoms with Gasteiger partial charge in [-0.2, -0.15) is 0 Å². The van der Waals surface area contributed by atoms with Crippen molar-refractivity contribution in [1.29, 1.82) is 0 Å². The molecule has 0 bridgehead atoms. The van der Waals surface area contributed by atoms with Gasteiger partial charge in [-0.1, -0.05) is 213 Å². The highest BCUT2D eigenvalue weighted by molar-refractivity contribution is 7.47. The Balaban J connectivity index is 2.23. The van der Waals surface area contributed by atoms with Crippen LogP contribution in [-0.4, -0.2) is 98.9 Å². The lowest BCUT2D eigenvalue weighted by Crippen LogP contribution is -2.64. The largest absolute Gasteiger partial charge is 0.472 e. The monoisotopic (exact) mass is 881 g/mol. The van der Waals surface area contributed by atoms with Crippen LogP contribution in [0.3, 0.4) is 0 Å². The molecule has 6 atom stereocenters. The number of carbonyl (C=O) groups excluding carboxylic acids is 1. The number of unbranched alkanes of at least 4 members (excludes halogenated alkanes) is 31. The maximum atomic E-state index is 12.8. The molecule has 0 aliphatic heterocycles. The molecule has 0 amide bonds. The van der Waals surface area contributed by atoms with Gasteiger partial charge >= 0.3 is 13.8 Å². The van der Waals surface area contributed by atoms with Crippen molar-refractivity contribution in [3.63, 3.8) is 0 Å². The highest BCUT2D eigenvalue weighted by Gasteiger charge is 2.51. The van der Waals surface area contributed by atoms with Gasteiger partial charge in [0.1, 0.15) is 42.7 Å². The average molecular weight is 881 g/mol. The maximum absolute atomic E-state index is 12.8. The minimum atomic E-state index is -5.01. The van der Waals surface area contributed by atoms with Crippen molar-refractivity contribution < 1.29 is 58.3 Å². The second-order valence-electron chi connectivity index (χ2n) is 17.7. The van der Waals surface area contributed by atoms with Crippen molar-refractivity contribution in [2.45, 2.75) is 275 Å². The van der Waals surface area contributed by atoms with Gasteiger partial charge in [-0.25, -0.2) is 4.57 Å². The lowest BCUT2D eigenvalue weighted by atomic mass is 9.85. The minimum Gasteiger partial charge on any atom is -0.457 e. The molecule has 1 fully saturated rings. The molecule has 1 aliphatic rings. The lowest BCUT2D eigenvalue weighted by Gasteiger charge is -2.41. The maximum Gasteiger partial charge on any atom is 0.472 e. The second kappa shape index (κ2) is 38.8. The molecule has 0 aromatic heterocycles. The summed E-state index contributed by atoms with van der Waals surface area (Å²) in [5, 5.41) is 50.1. The van der Waals surface area contributed by atoms with Gasteiger partial charge in [-0.3, -0.25) is 13.8 Å². The molecule has 1 aliphatic carbocycles. The normalized spacial score (nSPS) is 22.2. The highest BCUT2D eigenvalue weighted by atomic mass is 31.2. The molecule has 1 rings (SSSR count). The Morgan fingerprint density at radius 1 is 0.467 bits per heavy atom. The van der Waals surface area contributed by atoms with E-state index in [2.05, 4.69) is 13.8 Å². The fraction of sp³-hybridized carbons (Fsp3) is 0.979. The summed E-state index contributed by atoms with van der Waals surface area (Å²) in [7, 11) is -5.01. The van der Waals surface area contributed by atoms with Crippen molar-refractivity contribution in [2.24, 2.45) is 0 Å². The van der Waals surface area contributed by atoms with E-state index in [4.69, 9.17) is 18.5 Å². The van der Waals surface area contributed by atoms with Crippen molar-refractivity contribution in [3.05, 3.63) is 0 Å². The Hall–Kier alpha value is -0.660. The van der Waals surface area contributed by atoms with Crippen LogP contribution in [-0.2, 0) is 27.9 Å². The van der Waals surface area contributed by atoms with Crippen LogP contribution in [0.25, 0.3) is 0 Å². The van der Waals surface area contributed by atoms with Gasteiger partial charge in [0.2, 0.25) is 0 Å². The molecule has 13 heteroatoms. The van der Waals surface area contributed by atoms with Crippen molar-refractivity contribution >= 4 is 13.8 Å². The highest BCUT2D eigenvalue weighted by Crippen LogP contribution is 2.47. The molecule has 1 saturated carbocycles. The zero-order chi connectivity index (χ0) is 44.1. The zero-order valence-corrected chi connectivity index (χ0v) is 39.2. The van der Waals surface area contributed by atoms with E-state index in [0.29, 0.717) is 13.0 Å². The van der Waals surface area contributed by atoms with Crippen molar-refractivity contribution in [1.82, 2.24) is 0 Å². The molecular weight excluding hydrogens is 787 g/mol. The number of esters is 1. The van der Waals surface area contributed by atoms with Gasteiger partial charge in [0.25, 0.3) is 0 Å². The Bertz CT molecular complexity index is 1000. The summed E-state index contributed by atoms with van der Waals surface area (Å²) in [6.45, 7) is 4.27. The molecule has 60 heavy (non-hydrogen) atoms. The summed E-state index contributed by atoms with van der Waals surface area (Å²) < 4.78 is 34.1. The number of phosphoric ester groups is 1. The van der Waals surface area contributed by atoms with Crippen LogP contribution in [0.5, 0.6) is 0 Å². The van der Waals surface area contributed by atoms with Crippen molar-refractivity contribution in [2.75, 3.05) is 19.8 Å². The first-order valence-corrected chi connectivity index (χ1v) is 26.4. The fourth-order valence-corrected chi connectivity index (χ4v) is 8.98. The smallest absolute Gasteiger partial charge is 0.457 e. The predicted octanol–water partition coefficient (Wildman–Crippen LogP) is 10.5. The molecular formula is C47H93O12P. The first kappa shape index (κ1) is 57.4. The SMILES string of the molecule is CCCCCCCCCCCCCCCCCCCCCCCCCCOCC(COP(=O)(O)OC1C(O)C(O)C(O)C(O)C1O)OC(=O)CCCCCCCCCCC. The summed E-state index contributed by atoms with van der Waals surface area (Å²) in [4.78, 5) is 23.1. The Labute approximate surface area is 365 Å². The molecule has 0 heterocycles. The third-order valence-electron chi connectivity index (χ3n) is 12.0. The van der Waals surface area contributed by atoms with Gasteiger partial charge in [0.05, 0.1) is 13.2 Å². The van der Waals surface area contributed by atoms with E-state index in [-0.39, 0.29) is 13.0 Å². The molecule has 0 saturated heterocycles. The van der Waals surface area contributed by atoms with Gasteiger partial charge in [-0.05, 0) is 12.8 Å². The van der Waals surface area contributed by atoms with E-state index in [0.717, 1.165) is 38.5 Å². The number of hydrogen-bond acceptors (Lipinski definition) is 11. The fourth-order valence-electron chi connectivity index (χ4n) is 8.01. The van der Waals surface area contributed by atoms with Gasteiger partial charge in [0, 0.05) is 13.0 Å². The summed E-state index contributed by atoms with van der Waals surface area (Å²) in [6, 6.07) is 0. The molecule has 0 spiro atoms. The lowest BCUT2D eigenvalue weighted by molar-refractivity contribution is -0.220. The molecule has 0 aromatic carbocycles. The van der Waals surface area contributed by atoms with Gasteiger partial charge in [0.15, 0.2) is 0 Å². The first-order valence-electron chi connectivity index (χ1n) is 24.9. The minimum absolute atomic E-state index is 0.0683. The zero-order valence-electron chi connectivity index (χ0n) is 38.3. The van der Waals surface area contributed by atoms with Gasteiger partial charge in [-0.15, -0.1) is 0 Å². The Morgan fingerprint density at radius 2 is 0.783 bits per heavy atom. The van der Waals surface area contributed by atoms with E-state index < -0.39 is 63.1 Å². The van der Waals surface area contributed by atoms with E-state index in [1.165, 1.54) is 167 Å². The average Bonchev–Trinajstić information content (AvgIpc) is 3.23. The summed E-state index contributed by atoms with van der Waals surface area (Å²) in [6.07, 6.45) is 29.2. The van der Waals surface area contributed by atoms with E-state index in [1.54, 1.807) is 0 Å². The van der Waals surface area contributed by atoms with Crippen LogP contribution < -0.4 is 0 Å². The number of rotatable bonds is 43. The molecule has 6 unspecified atom stereocenters. The first-order chi connectivity index (χ1) is 29.0. The number of aliphatic hydroxyl groups is 5. The van der Waals surface area contributed by atoms with Crippen LogP contribution in [0.1, 0.15) is 232 Å². The second-order valence-corrected chi connectivity index (χ2v) is 19.1. The quantitative estimate of drug-likeness (QED) is 0.0193. The standard InChI is InChI=1S/C47H93O12P/c1-3-5-7-9-11-13-14-15-16-17-18-19-20-21-22-23-24-25-26-27-29-31-33-35-37-56-38-40(58-41(48)36-34-32-30-28-12-10-8-6-4-2)39-57-60(54,55)59-47-45(52)43(50)42(49)44(51)46(47)53/h40,42-47,49-53H,3-39H2,1-2H3,(H,54,55). The molecule has 6 N–H and O–H groups in total. The third-order valence-corrected chi connectivity index (χ3v) is 13.0. The molecule has 358 valence electrons.